The van der Waals surface area contributed by atoms with Crippen molar-refractivity contribution in [2.45, 2.75) is 39.2 Å². The Balaban J connectivity index is 2.34. The van der Waals surface area contributed by atoms with Gasteiger partial charge in [-0.15, -0.1) is 0 Å². The maximum absolute atomic E-state index is 11.6. The fourth-order valence-electron chi connectivity index (χ4n) is 2.27. The molecule has 0 aromatic rings. The summed E-state index contributed by atoms with van der Waals surface area (Å²) in [5.41, 5.74) is -0.328. The number of carbonyl (C=O) groups excluding carboxylic acids is 2. The highest BCUT2D eigenvalue weighted by molar-refractivity contribution is 6.05. The van der Waals surface area contributed by atoms with Gasteiger partial charge in [0.15, 0.2) is 23.8 Å². The van der Waals surface area contributed by atoms with E-state index in [9.17, 15) is 9.59 Å². The van der Waals surface area contributed by atoms with Crippen LogP contribution in [-0.2, 0) is 19.1 Å². The predicted molar refractivity (Wildman–Crippen MR) is 65.7 cm³/mol. The van der Waals surface area contributed by atoms with Crippen LogP contribution in [0, 0.1) is 5.92 Å². The molecule has 1 saturated heterocycles. The molecule has 0 aromatic heterocycles. The predicted octanol–water partition coefficient (Wildman–Crippen LogP) is 2.15. The van der Waals surface area contributed by atoms with Gasteiger partial charge in [-0.25, -0.2) is 4.79 Å². The van der Waals surface area contributed by atoms with Gasteiger partial charge < -0.3 is 9.47 Å². The lowest BCUT2D eigenvalue weighted by Gasteiger charge is -2.39. The van der Waals surface area contributed by atoms with Gasteiger partial charge in [0, 0.05) is 5.57 Å². The lowest BCUT2D eigenvalue weighted by molar-refractivity contribution is -0.172. The molecule has 4 nitrogen and oxygen atoms in total. The van der Waals surface area contributed by atoms with Crippen LogP contribution in [0.25, 0.3) is 0 Å². The molecule has 0 amide bonds. The van der Waals surface area contributed by atoms with Crippen molar-refractivity contribution in [3.63, 3.8) is 0 Å². The molecule has 0 radical (unpaired) electrons. The highest BCUT2D eigenvalue weighted by atomic mass is 16.6. The van der Waals surface area contributed by atoms with Gasteiger partial charge in [0.1, 0.15) is 0 Å². The van der Waals surface area contributed by atoms with E-state index in [0.29, 0.717) is 23.7 Å². The second-order valence-electron chi connectivity index (χ2n) is 5.24. The first-order chi connectivity index (χ1) is 8.44. The Morgan fingerprint density at radius 3 is 2.78 bits per heavy atom. The monoisotopic (exact) mass is 250 g/mol. The molecule has 1 fully saturated rings. The average molecular weight is 250 g/mol. The highest BCUT2D eigenvalue weighted by Gasteiger charge is 2.45. The number of fused-ring (bicyclic) bond motifs is 1. The molecule has 0 unspecified atom stereocenters. The first-order valence-electron chi connectivity index (χ1n) is 6.24. The number of carbonyl (C=O) groups is 2. The van der Waals surface area contributed by atoms with Crippen LogP contribution in [0.3, 0.4) is 0 Å². The van der Waals surface area contributed by atoms with Crippen molar-refractivity contribution in [1.29, 1.82) is 0 Å². The first-order valence-corrected chi connectivity index (χ1v) is 6.24. The standard InChI is InChI=1S/C14H18O4/c1-9(2)4-6-14-7-5-11(15)10(3)13(14)17-8-12(16)18-14/h5,7,9H,4,6,8H2,1-3H3/t14-/m0/s1. The number of rotatable bonds is 3. The molecule has 1 aliphatic carbocycles. The van der Waals surface area contributed by atoms with Crippen LogP contribution < -0.4 is 0 Å². The van der Waals surface area contributed by atoms with Crippen LogP contribution in [0.1, 0.15) is 33.6 Å². The largest absolute Gasteiger partial charge is 0.481 e. The SMILES string of the molecule is CC1=C2OCC(=O)O[C@@]2(CCC(C)C)C=CC1=O. The molecule has 1 atom stereocenters. The third kappa shape index (κ3) is 2.19. The lowest BCUT2D eigenvalue weighted by Crippen LogP contribution is -2.45. The van der Waals surface area contributed by atoms with Crippen LogP contribution in [0.4, 0.5) is 0 Å². The molecule has 2 aliphatic rings. The number of ether oxygens (including phenoxy) is 2. The minimum absolute atomic E-state index is 0.0804. The lowest BCUT2D eigenvalue weighted by atomic mass is 9.84. The maximum Gasteiger partial charge on any atom is 0.345 e. The van der Waals surface area contributed by atoms with E-state index in [1.165, 1.54) is 6.08 Å². The van der Waals surface area contributed by atoms with Crippen LogP contribution in [-0.4, -0.2) is 24.0 Å². The molecular weight excluding hydrogens is 232 g/mol. The molecule has 18 heavy (non-hydrogen) atoms. The number of hydrogen-bond donors (Lipinski definition) is 0. The van der Waals surface area contributed by atoms with Gasteiger partial charge in [0.2, 0.25) is 0 Å². The molecule has 0 aromatic carbocycles. The minimum atomic E-state index is -0.863. The highest BCUT2D eigenvalue weighted by Crippen LogP contribution is 2.38. The van der Waals surface area contributed by atoms with Gasteiger partial charge in [0.05, 0.1) is 0 Å². The molecule has 0 saturated carbocycles. The summed E-state index contributed by atoms with van der Waals surface area (Å²) in [4.78, 5) is 23.1. The zero-order valence-electron chi connectivity index (χ0n) is 11.0. The Morgan fingerprint density at radius 1 is 1.39 bits per heavy atom. The maximum atomic E-state index is 11.6. The number of hydrogen-bond acceptors (Lipinski definition) is 4. The average Bonchev–Trinajstić information content (AvgIpc) is 2.32. The van der Waals surface area contributed by atoms with Crippen LogP contribution in [0.5, 0.6) is 0 Å². The van der Waals surface area contributed by atoms with Crippen molar-refractivity contribution in [3.8, 4) is 0 Å². The molecule has 4 heteroatoms. The topological polar surface area (TPSA) is 52.6 Å². The third-order valence-corrected chi connectivity index (χ3v) is 3.32. The zero-order valence-corrected chi connectivity index (χ0v) is 11.0. The van der Waals surface area contributed by atoms with Crippen molar-refractivity contribution in [1.82, 2.24) is 0 Å². The van der Waals surface area contributed by atoms with Gasteiger partial charge in [-0.3, -0.25) is 4.79 Å². The summed E-state index contributed by atoms with van der Waals surface area (Å²) in [6.45, 7) is 5.81. The first kappa shape index (κ1) is 12.9. The molecule has 0 spiro atoms. The van der Waals surface area contributed by atoms with E-state index in [4.69, 9.17) is 9.47 Å². The Morgan fingerprint density at radius 2 is 2.11 bits per heavy atom. The Hall–Kier alpha value is -1.58. The van der Waals surface area contributed by atoms with E-state index in [1.807, 2.05) is 0 Å². The molecule has 98 valence electrons. The summed E-state index contributed by atoms with van der Waals surface area (Å²) >= 11 is 0. The van der Waals surface area contributed by atoms with Crippen LogP contribution in [0.2, 0.25) is 0 Å². The van der Waals surface area contributed by atoms with E-state index < -0.39 is 5.60 Å². The van der Waals surface area contributed by atoms with Crippen LogP contribution >= 0.6 is 0 Å². The summed E-state index contributed by atoms with van der Waals surface area (Å²) in [7, 11) is 0. The second-order valence-corrected chi connectivity index (χ2v) is 5.24. The normalized spacial score (nSPS) is 27.1. The third-order valence-electron chi connectivity index (χ3n) is 3.32. The van der Waals surface area contributed by atoms with Gasteiger partial charge >= 0.3 is 5.97 Å². The molecule has 2 rings (SSSR count). The zero-order chi connectivity index (χ0) is 13.3. The van der Waals surface area contributed by atoms with E-state index in [0.717, 1.165) is 6.42 Å². The summed E-state index contributed by atoms with van der Waals surface area (Å²) in [6.07, 6.45) is 4.68. The molecule has 1 aliphatic heterocycles. The van der Waals surface area contributed by atoms with E-state index in [2.05, 4.69) is 13.8 Å². The smallest absolute Gasteiger partial charge is 0.345 e. The quantitative estimate of drug-likeness (QED) is 0.720. The van der Waals surface area contributed by atoms with Gasteiger partial charge in [-0.05, 0) is 37.8 Å². The Kier molecular flexibility index (Phi) is 3.28. The Bertz CT molecular complexity index is 445. The second kappa shape index (κ2) is 4.59. The molecule has 0 N–H and O–H groups in total. The van der Waals surface area contributed by atoms with Crippen molar-refractivity contribution in [3.05, 3.63) is 23.5 Å². The Labute approximate surface area is 107 Å². The fourth-order valence-corrected chi connectivity index (χ4v) is 2.27. The number of esters is 1. The van der Waals surface area contributed by atoms with Crippen molar-refractivity contribution in [2.24, 2.45) is 5.92 Å². The van der Waals surface area contributed by atoms with Crippen molar-refractivity contribution < 1.29 is 19.1 Å². The number of ketones is 1. The summed E-state index contributed by atoms with van der Waals surface area (Å²) in [5, 5.41) is 0. The van der Waals surface area contributed by atoms with Crippen LogP contribution in [0.15, 0.2) is 23.5 Å². The van der Waals surface area contributed by atoms with Crippen molar-refractivity contribution >= 4 is 11.8 Å². The van der Waals surface area contributed by atoms with E-state index in [1.54, 1.807) is 13.0 Å². The van der Waals surface area contributed by atoms with Gasteiger partial charge in [0.25, 0.3) is 0 Å². The minimum Gasteiger partial charge on any atom is -0.481 e. The summed E-state index contributed by atoms with van der Waals surface area (Å²) in [6, 6.07) is 0. The molecular formula is C14H18O4. The molecule has 0 bridgehead atoms. The number of allylic oxidation sites excluding steroid dienone is 2. The van der Waals surface area contributed by atoms with Gasteiger partial charge in [-0.2, -0.15) is 0 Å². The van der Waals surface area contributed by atoms with Gasteiger partial charge in [-0.1, -0.05) is 13.8 Å². The summed E-state index contributed by atoms with van der Waals surface area (Å²) in [5.74, 6) is 0.542. The fraction of sp³-hybridized carbons (Fsp3) is 0.571. The van der Waals surface area contributed by atoms with E-state index >= 15 is 0 Å². The van der Waals surface area contributed by atoms with E-state index in [-0.39, 0.29) is 18.4 Å². The summed E-state index contributed by atoms with van der Waals surface area (Å²) < 4.78 is 10.9. The van der Waals surface area contributed by atoms with Crippen molar-refractivity contribution in [2.75, 3.05) is 6.61 Å². The molecule has 1 heterocycles.